The second-order valence-electron chi connectivity index (χ2n) is 9.50. The number of carboxylic acids is 3. The zero-order valence-corrected chi connectivity index (χ0v) is 21.7. The highest BCUT2D eigenvalue weighted by Gasteiger charge is 2.21. The lowest BCUT2D eigenvalue weighted by Crippen LogP contribution is -2.49. The van der Waals surface area contributed by atoms with E-state index in [9.17, 15) is 34.8 Å². The number of aryl methyl sites for hydroxylation is 2. The molecule has 1 aromatic carbocycles. The van der Waals surface area contributed by atoms with E-state index in [1.165, 1.54) is 0 Å². The third kappa shape index (κ3) is 11.9. The van der Waals surface area contributed by atoms with Crippen LogP contribution in [0.1, 0.15) is 11.1 Å². The molecule has 4 N–H and O–H groups in total. The minimum Gasteiger partial charge on any atom is -0.490 e. The number of carbonyl (C=O) groups is 3. The van der Waals surface area contributed by atoms with E-state index in [2.05, 4.69) is 0 Å². The van der Waals surface area contributed by atoms with Crippen molar-refractivity contribution in [2.75, 3.05) is 85.1 Å². The minimum absolute atomic E-state index is 0.0873. The standard InChI is InChI=1S/C25H40N4O8/c1-19-4-3-5-20(2)25(19)37-18-21(30)14-26-6-8-27(15-22(31)32)10-12-29(17-24(35)36)13-11-28(9-7-26)16-23(33)34/h3-5,21,30H,6-18H2,1-2H3,(H,31,32)(H,33,34)(H,35,36). The molecule has 0 amide bonds. The molecule has 1 saturated heterocycles. The van der Waals surface area contributed by atoms with Gasteiger partial charge in [0.15, 0.2) is 0 Å². The molecule has 12 heteroatoms. The predicted octanol–water partition coefficient (Wildman–Crippen LogP) is -0.481. The van der Waals surface area contributed by atoms with E-state index in [1.54, 1.807) is 14.7 Å². The number of β-amino-alcohol motifs (C(OH)–C–C–N with tert-alkyl or cyclic N) is 1. The normalized spacial score (nSPS) is 18.5. The molecule has 1 aliphatic rings. The van der Waals surface area contributed by atoms with Crippen LogP contribution in [0.2, 0.25) is 0 Å². The molecular weight excluding hydrogens is 484 g/mol. The summed E-state index contributed by atoms with van der Waals surface area (Å²) in [5.41, 5.74) is 1.95. The zero-order valence-electron chi connectivity index (χ0n) is 21.7. The van der Waals surface area contributed by atoms with Crippen LogP contribution in [0.5, 0.6) is 5.75 Å². The van der Waals surface area contributed by atoms with Crippen molar-refractivity contribution >= 4 is 17.9 Å². The molecule has 1 fully saturated rings. The fourth-order valence-corrected chi connectivity index (χ4v) is 4.37. The Morgan fingerprint density at radius 3 is 1.43 bits per heavy atom. The second kappa shape index (κ2) is 15.5. The lowest BCUT2D eigenvalue weighted by Gasteiger charge is -2.33. The van der Waals surface area contributed by atoms with Crippen molar-refractivity contribution in [3.63, 3.8) is 0 Å². The number of para-hydroxylation sites is 1. The molecule has 1 aliphatic heterocycles. The van der Waals surface area contributed by atoms with Crippen LogP contribution in [0.25, 0.3) is 0 Å². The third-order valence-electron chi connectivity index (χ3n) is 6.30. The summed E-state index contributed by atoms with van der Waals surface area (Å²) in [4.78, 5) is 41.3. The molecule has 0 aliphatic carbocycles. The maximum absolute atomic E-state index is 11.4. The number of hydrogen-bond acceptors (Lipinski definition) is 9. The quantitative estimate of drug-likeness (QED) is 0.295. The molecular formula is C25H40N4O8. The zero-order chi connectivity index (χ0) is 27.4. The molecule has 1 aromatic rings. The molecule has 37 heavy (non-hydrogen) atoms. The summed E-state index contributed by atoms with van der Waals surface area (Å²) < 4.78 is 5.89. The predicted molar refractivity (Wildman–Crippen MR) is 136 cm³/mol. The number of carboxylic acid groups (broad SMARTS) is 3. The van der Waals surface area contributed by atoms with Gasteiger partial charge in [0, 0.05) is 58.9 Å². The highest BCUT2D eigenvalue weighted by atomic mass is 16.5. The number of aliphatic carboxylic acids is 3. The van der Waals surface area contributed by atoms with Gasteiger partial charge in [-0.15, -0.1) is 0 Å². The van der Waals surface area contributed by atoms with Crippen LogP contribution in [0.15, 0.2) is 18.2 Å². The highest BCUT2D eigenvalue weighted by Crippen LogP contribution is 2.22. The lowest BCUT2D eigenvalue weighted by atomic mass is 10.1. The fourth-order valence-electron chi connectivity index (χ4n) is 4.37. The summed E-state index contributed by atoms with van der Waals surface area (Å²) >= 11 is 0. The molecule has 0 spiro atoms. The van der Waals surface area contributed by atoms with Crippen LogP contribution in [-0.2, 0) is 14.4 Å². The van der Waals surface area contributed by atoms with Gasteiger partial charge in [-0.2, -0.15) is 0 Å². The number of nitrogens with zero attached hydrogens (tertiary/aromatic N) is 4. The van der Waals surface area contributed by atoms with E-state index >= 15 is 0 Å². The lowest BCUT2D eigenvalue weighted by molar-refractivity contribution is -0.140. The van der Waals surface area contributed by atoms with Crippen LogP contribution in [0.3, 0.4) is 0 Å². The monoisotopic (exact) mass is 524 g/mol. The van der Waals surface area contributed by atoms with Gasteiger partial charge in [-0.1, -0.05) is 18.2 Å². The van der Waals surface area contributed by atoms with Gasteiger partial charge in [-0.05, 0) is 25.0 Å². The van der Waals surface area contributed by atoms with Crippen molar-refractivity contribution in [3.8, 4) is 5.75 Å². The van der Waals surface area contributed by atoms with Gasteiger partial charge < -0.3 is 25.2 Å². The van der Waals surface area contributed by atoms with Crippen LogP contribution < -0.4 is 4.74 Å². The minimum atomic E-state index is -0.995. The third-order valence-corrected chi connectivity index (χ3v) is 6.30. The average Bonchev–Trinajstić information content (AvgIpc) is 2.79. The number of benzene rings is 1. The Morgan fingerprint density at radius 2 is 1.08 bits per heavy atom. The Bertz CT molecular complexity index is 847. The van der Waals surface area contributed by atoms with Gasteiger partial charge >= 0.3 is 17.9 Å². The first-order chi connectivity index (χ1) is 17.5. The van der Waals surface area contributed by atoms with E-state index in [-0.39, 0.29) is 32.8 Å². The first-order valence-electron chi connectivity index (χ1n) is 12.5. The maximum Gasteiger partial charge on any atom is 0.317 e. The molecule has 12 nitrogen and oxygen atoms in total. The Balaban J connectivity index is 2.09. The Morgan fingerprint density at radius 1 is 0.730 bits per heavy atom. The number of aliphatic hydroxyl groups is 1. The van der Waals surface area contributed by atoms with Crippen molar-refractivity contribution in [1.29, 1.82) is 0 Å². The molecule has 0 saturated carbocycles. The number of aliphatic hydroxyl groups excluding tert-OH is 1. The second-order valence-corrected chi connectivity index (χ2v) is 9.50. The van der Waals surface area contributed by atoms with Crippen molar-refractivity contribution < 1.29 is 39.5 Å². The summed E-state index contributed by atoms with van der Waals surface area (Å²) in [6.07, 6.45) is -0.807. The van der Waals surface area contributed by atoms with Crippen molar-refractivity contribution in [2.24, 2.45) is 0 Å². The maximum atomic E-state index is 11.4. The Labute approximate surface area is 217 Å². The van der Waals surface area contributed by atoms with Gasteiger partial charge in [0.05, 0.1) is 19.6 Å². The van der Waals surface area contributed by atoms with Crippen molar-refractivity contribution in [1.82, 2.24) is 19.6 Å². The molecule has 1 atom stereocenters. The summed E-state index contributed by atoms with van der Waals surface area (Å²) in [6.45, 7) is 6.76. The van der Waals surface area contributed by atoms with Crippen LogP contribution in [0, 0.1) is 13.8 Å². The van der Waals surface area contributed by atoms with E-state index in [1.807, 2.05) is 36.9 Å². The molecule has 0 bridgehead atoms. The first-order valence-corrected chi connectivity index (χ1v) is 12.5. The number of hydrogen-bond donors (Lipinski definition) is 4. The van der Waals surface area contributed by atoms with Crippen molar-refractivity contribution in [3.05, 3.63) is 29.3 Å². The number of ether oxygens (including phenoxy) is 1. The molecule has 1 unspecified atom stereocenters. The Kier molecular flexibility index (Phi) is 12.7. The van der Waals surface area contributed by atoms with Gasteiger partial charge in [0.25, 0.3) is 0 Å². The van der Waals surface area contributed by atoms with E-state index in [0.717, 1.165) is 16.9 Å². The van der Waals surface area contributed by atoms with E-state index in [0.29, 0.717) is 52.4 Å². The van der Waals surface area contributed by atoms with Gasteiger partial charge in [-0.3, -0.25) is 34.0 Å². The summed E-state index contributed by atoms with van der Waals surface area (Å²) in [6, 6.07) is 5.82. The molecule has 0 aromatic heterocycles. The van der Waals surface area contributed by atoms with Crippen LogP contribution >= 0.6 is 0 Å². The topological polar surface area (TPSA) is 154 Å². The summed E-state index contributed by atoms with van der Waals surface area (Å²) in [7, 11) is 0. The first kappa shape index (κ1) is 30.5. The fraction of sp³-hybridized carbons (Fsp3) is 0.640. The average molecular weight is 525 g/mol. The highest BCUT2D eigenvalue weighted by molar-refractivity contribution is 5.69. The van der Waals surface area contributed by atoms with Gasteiger partial charge in [0.1, 0.15) is 18.5 Å². The molecule has 0 radical (unpaired) electrons. The van der Waals surface area contributed by atoms with Crippen LogP contribution in [0.4, 0.5) is 0 Å². The summed E-state index contributed by atoms with van der Waals surface area (Å²) in [5.74, 6) is -2.21. The number of rotatable bonds is 11. The SMILES string of the molecule is Cc1cccc(C)c1OCC(O)CN1CCN(CC(=O)O)CCN(CC(=O)O)CCN(CC(=O)O)CC1. The van der Waals surface area contributed by atoms with Crippen molar-refractivity contribution in [2.45, 2.75) is 20.0 Å². The van der Waals surface area contributed by atoms with Gasteiger partial charge in [0.2, 0.25) is 0 Å². The largest absolute Gasteiger partial charge is 0.490 e. The van der Waals surface area contributed by atoms with E-state index < -0.39 is 24.0 Å². The van der Waals surface area contributed by atoms with Crippen LogP contribution in [-0.4, -0.2) is 149 Å². The summed E-state index contributed by atoms with van der Waals surface area (Å²) in [5, 5.41) is 38.6. The smallest absolute Gasteiger partial charge is 0.317 e. The van der Waals surface area contributed by atoms with Gasteiger partial charge in [-0.25, -0.2) is 0 Å². The molecule has 1 heterocycles. The van der Waals surface area contributed by atoms with E-state index in [4.69, 9.17) is 4.74 Å². The molecule has 2 rings (SSSR count). The molecule has 208 valence electrons. The Hall–Kier alpha value is -2.77.